The molecule has 0 saturated carbocycles. The van der Waals surface area contributed by atoms with Gasteiger partial charge in [-0.05, 0) is 0 Å². The zero-order valence-electron chi connectivity index (χ0n) is 8.57. The first kappa shape index (κ1) is 12.8. The van der Waals surface area contributed by atoms with Gasteiger partial charge in [0.1, 0.15) is 11.5 Å². The largest absolute Gasteiger partial charge is 1.00 e. The number of hydrogen-bond acceptors (Lipinski definition) is 3. The SMILES string of the molecule is COc1ccc([CH-]C#N)cc1OC.[Li+]. The Hall–Kier alpha value is -1.22. The third kappa shape index (κ3) is 2.92. The number of nitrogens with zero attached hydrogens (tertiary/aromatic N) is 1. The van der Waals surface area contributed by atoms with E-state index in [1.165, 1.54) is 6.42 Å². The molecule has 0 N–H and O–H groups in total. The van der Waals surface area contributed by atoms with Crippen LogP contribution in [0.4, 0.5) is 0 Å². The minimum atomic E-state index is 0. The van der Waals surface area contributed by atoms with Gasteiger partial charge < -0.3 is 9.47 Å². The molecule has 0 atom stereocenters. The van der Waals surface area contributed by atoms with Crippen LogP contribution >= 0.6 is 0 Å². The Morgan fingerprint density at radius 1 is 1.21 bits per heavy atom. The molecule has 4 heteroatoms. The van der Waals surface area contributed by atoms with E-state index in [0.29, 0.717) is 11.5 Å². The summed E-state index contributed by atoms with van der Waals surface area (Å²) in [5.41, 5.74) is 0.806. The van der Waals surface area contributed by atoms with Crippen LogP contribution in [0.5, 0.6) is 11.5 Å². The van der Waals surface area contributed by atoms with Crippen molar-refractivity contribution in [2.24, 2.45) is 0 Å². The van der Waals surface area contributed by atoms with Crippen molar-refractivity contribution in [2.75, 3.05) is 14.2 Å². The number of ether oxygens (including phenoxy) is 2. The summed E-state index contributed by atoms with van der Waals surface area (Å²) in [6.45, 7) is 0. The third-order valence-corrected chi connectivity index (χ3v) is 1.64. The molecular formula is C10H10LiNO2. The summed E-state index contributed by atoms with van der Waals surface area (Å²) in [5, 5.41) is 8.43. The van der Waals surface area contributed by atoms with Crippen molar-refractivity contribution < 1.29 is 28.3 Å². The fraction of sp³-hybridized carbons (Fsp3) is 0.200. The van der Waals surface area contributed by atoms with Crippen molar-refractivity contribution in [3.63, 3.8) is 0 Å². The average molecular weight is 183 g/mol. The molecule has 0 aliphatic carbocycles. The molecule has 0 aliphatic heterocycles. The van der Waals surface area contributed by atoms with Crippen molar-refractivity contribution >= 4 is 0 Å². The molecule has 0 aromatic heterocycles. The second kappa shape index (κ2) is 6.26. The molecule has 0 bridgehead atoms. The van der Waals surface area contributed by atoms with Crippen LogP contribution < -0.4 is 28.3 Å². The van der Waals surface area contributed by atoms with Crippen LogP contribution in [0.3, 0.4) is 0 Å². The van der Waals surface area contributed by atoms with Gasteiger partial charge in [0.05, 0.1) is 14.2 Å². The van der Waals surface area contributed by atoms with Crippen LogP contribution in [0.25, 0.3) is 0 Å². The molecule has 0 radical (unpaired) electrons. The van der Waals surface area contributed by atoms with E-state index in [4.69, 9.17) is 14.7 Å². The first-order chi connectivity index (χ1) is 6.31. The van der Waals surface area contributed by atoms with E-state index in [1.807, 2.05) is 6.07 Å². The average Bonchev–Trinajstić information content (AvgIpc) is 2.18. The molecule has 0 unspecified atom stereocenters. The number of methoxy groups -OCH3 is 2. The summed E-state index contributed by atoms with van der Waals surface area (Å²) in [6.07, 6.45) is 1.45. The second-order valence-corrected chi connectivity index (χ2v) is 2.39. The van der Waals surface area contributed by atoms with Crippen molar-refractivity contribution in [3.8, 4) is 17.6 Å². The standard InChI is InChI=1S/C10H10NO2.Li/c1-12-9-4-3-8(5-6-11)7-10(9)13-2;/h3-5,7H,1-2H3;/q-1;+1. The predicted octanol–water partition coefficient (Wildman–Crippen LogP) is -1.22. The monoisotopic (exact) mass is 183 g/mol. The van der Waals surface area contributed by atoms with Gasteiger partial charge in [0.2, 0.25) is 0 Å². The molecule has 3 nitrogen and oxygen atoms in total. The molecular weight excluding hydrogens is 173 g/mol. The van der Waals surface area contributed by atoms with E-state index in [-0.39, 0.29) is 18.9 Å². The van der Waals surface area contributed by atoms with E-state index in [1.54, 1.807) is 32.4 Å². The van der Waals surface area contributed by atoms with Gasteiger partial charge in [-0.1, -0.05) is 12.5 Å². The van der Waals surface area contributed by atoms with E-state index in [9.17, 15) is 0 Å². The number of benzene rings is 1. The molecule has 1 aromatic carbocycles. The van der Waals surface area contributed by atoms with E-state index >= 15 is 0 Å². The minimum Gasteiger partial charge on any atom is -0.506 e. The van der Waals surface area contributed by atoms with E-state index in [2.05, 4.69) is 0 Å². The molecule has 68 valence electrons. The van der Waals surface area contributed by atoms with Gasteiger partial charge in [-0.15, -0.1) is 6.07 Å². The van der Waals surface area contributed by atoms with Gasteiger partial charge in [0.15, 0.2) is 0 Å². The number of nitriles is 1. The Kier molecular flexibility index (Phi) is 5.72. The Balaban J connectivity index is 0.00000169. The van der Waals surface area contributed by atoms with Gasteiger partial charge in [-0.3, -0.25) is 0 Å². The Morgan fingerprint density at radius 2 is 1.86 bits per heavy atom. The zero-order valence-corrected chi connectivity index (χ0v) is 8.57. The van der Waals surface area contributed by atoms with Crippen LogP contribution in [-0.4, -0.2) is 14.2 Å². The van der Waals surface area contributed by atoms with Crippen molar-refractivity contribution in [1.82, 2.24) is 0 Å². The van der Waals surface area contributed by atoms with E-state index in [0.717, 1.165) is 5.56 Å². The van der Waals surface area contributed by atoms with Crippen LogP contribution in [0, 0.1) is 17.8 Å². The summed E-state index contributed by atoms with van der Waals surface area (Å²) < 4.78 is 10.1. The van der Waals surface area contributed by atoms with Gasteiger partial charge >= 0.3 is 18.9 Å². The first-order valence-electron chi connectivity index (χ1n) is 3.76. The van der Waals surface area contributed by atoms with Gasteiger partial charge in [-0.2, -0.15) is 11.6 Å². The Morgan fingerprint density at radius 3 is 2.36 bits per heavy atom. The second-order valence-electron chi connectivity index (χ2n) is 2.39. The van der Waals surface area contributed by atoms with Crippen LogP contribution in [0.1, 0.15) is 5.56 Å². The molecule has 0 saturated heterocycles. The molecule has 1 aromatic rings. The predicted molar refractivity (Wildman–Crippen MR) is 48.6 cm³/mol. The van der Waals surface area contributed by atoms with Crippen LogP contribution in [0.2, 0.25) is 0 Å². The summed E-state index contributed by atoms with van der Waals surface area (Å²) in [5.74, 6) is 1.30. The van der Waals surface area contributed by atoms with Crippen molar-refractivity contribution in [1.29, 1.82) is 5.26 Å². The summed E-state index contributed by atoms with van der Waals surface area (Å²) >= 11 is 0. The molecule has 0 heterocycles. The van der Waals surface area contributed by atoms with Crippen molar-refractivity contribution in [3.05, 3.63) is 30.2 Å². The fourth-order valence-electron chi connectivity index (χ4n) is 1.02. The minimum absolute atomic E-state index is 0. The normalized spacial score (nSPS) is 8.07. The maximum Gasteiger partial charge on any atom is 1.00 e. The maximum absolute atomic E-state index is 8.43. The molecule has 0 aliphatic rings. The third-order valence-electron chi connectivity index (χ3n) is 1.64. The smallest absolute Gasteiger partial charge is 0.506 e. The Labute approximate surface area is 95.8 Å². The molecule has 0 fully saturated rings. The van der Waals surface area contributed by atoms with Gasteiger partial charge in [0, 0.05) is 6.07 Å². The van der Waals surface area contributed by atoms with Gasteiger partial charge in [0.25, 0.3) is 0 Å². The molecule has 0 spiro atoms. The maximum atomic E-state index is 8.43. The van der Waals surface area contributed by atoms with Crippen LogP contribution in [0.15, 0.2) is 18.2 Å². The van der Waals surface area contributed by atoms with E-state index < -0.39 is 0 Å². The molecule has 1 rings (SSSR count). The molecule has 14 heavy (non-hydrogen) atoms. The first-order valence-corrected chi connectivity index (χ1v) is 3.76. The van der Waals surface area contributed by atoms with Crippen molar-refractivity contribution in [2.45, 2.75) is 0 Å². The topological polar surface area (TPSA) is 42.2 Å². The summed E-state index contributed by atoms with van der Waals surface area (Å²) in [4.78, 5) is 0. The summed E-state index contributed by atoms with van der Waals surface area (Å²) in [7, 11) is 3.14. The Bertz CT molecular complexity index is 333. The van der Waals surface area contributed by atoms with Gasteiger partial charge in [-0.25, -0.2) is 5.26 Å². The summed E-state index contributed by atoms with van der Waals surface area (Å²) in [6, 6.07) is 7.27. The number of rotatable bonds is 3. The zero-order chi connectivity index (χ0) is 9.68. The van der Waals surface area contributed by atoms with Crippen LogP contribution in [-0.2, 0) is 0 Å². The molecule has 0 amide bonds. The number of hydrogen-bond donors (Lipinski definition) is 0. The fourth-order valence-corrected chi connectivity index (χ4v) is 1.02. The quantitative estimate of drug-likeness (QED) is 0.436.